The summed E-state index contributed by atoms with van der Waals surface area (Å²) >= 11 is 6.00. The van der Waals surface area contributed by atoms with Gasteiger partial charge in [-0.3, -0.25) is 9.59 Å². The van der Waals surface area contributed by atoms with Gasteiger partial charge in [0.2, 0.25) is 11.8 Å². The molecule has 0 aromatic heterocycles. The highest BCUT2D eigenvalue weighted by Crippen LogP contribution is 2.26. The molecule has 1 fully saturated rings. The Hall–Kier alpha value is -1.75. The summed E-state index contributed by atoms with van der Waals surface area (Å²) < 4.78 is 5.29. The van der Waals surface area contributed by atoms with Crippen LogP contribution in [0.4, 0.5) is 0 Å². The molecule has 21 heavy (non-hydrogen) atoms. The fourth-order valence-corrected chi connectivity index (χ4v) is 2.63. The van der Waals surface area contributed by atoms with Crippen LogP contribution in [0.1, 0.15) is 25.8 Å². The topological polar surface area (TPSA) is 58.6 Å². The van der Waals surface area contributed by atoms with Crippen LogP contribution < -0.4 is 10.1 Å². The zero-order chi connectivity index (χ0) is 15.6. The minimum absolute atomic E-state index is 0.0457. The van der Waals surface area contributed by atoms with Crippen molar-refractivity contribution >= 4 is 23.4 Å². The van der Waals surface area contributed by atoms with Crippen molar-refractivity contribution in [1.29, 1.82) is 0 Å². The molecule has 1 N–H and O–H groups in total. The quantitative estimate of drug-likeness (QED) is 0.925. The van der Waals surface area contributed by atoms with E-state index in [2.05, 4.69) is 5.32 Å². The van der Waals surface area contributed by atoms with Crippen LogP contribution in [0.2, 0.25) is 5.02 Å². The van der Waals surface area contributed by atoms with Crippen LogP contribution in [0.15, 0.2) is 18.2 Å². The van der Waals surface area contributed by atoms with Crippen LogP contribution >= 0.6 is 11.6 Å². The lowest BCUT2D eigenvalue weighted by atomic mass is 9.94. The molecule has 6 heteroatoms. The van der Waals surface area contributed by atoms with Crippen molar-refractivity contribution in [3.05, 3.63) is 28.8 Å². The third kappa shape index (κ3) is 3.13. The van der Waals surface area contributed by atoms with Crippen molar-refractivity contribution < 1.29 is 14.3 Å². The van der Waals surface area contributed by atoms with Crippen molar-refractivity contribution in [1.82, 2.24) is 10.2 Å². The van der Waals surface area contributed by atoms with Gasteiger partial charge in [0, 0.05) is 17.1 Å². The van der Waals surface area contributed by atoms with Gasteiger partial charge in [0.15, 0.2) is 0 Å². The lowest BCUT2D eigenvalue weighted by molar-refractivity contribution is -0.149. The number of hydrogen-bond donors (Lipinski definition) is 1. The van der Waals surface area contributed by atoms with Gasteiger partial charge >= 0.3 is 0 Å². The number of ether oxygens (including phenoxy) is 1. The number of methoxy groups -OCH3 is 1. The average Bonchev–Trinajstić information content (AvgIpc) is 2.44. The number of carbonyl (C=O) groups excluding carboxylic acids is 2. The molecule has 0 spiro atoms. The number of nitrogens with zero attached hydrogens (tertiary/aromatic N) is 1. The SMILES string of the molecule is CCC1(C)NC(=O)CN(Cc2cc(Cl)ccc2OC)C1=O. The largest absolute Gasteiger partial charge is 0.496 e. The van der Waals surface area contributed by atoms with Crippen molar-refractivity contribution in [2.45, 2.75) is 32.4 Å². The number of piperazine rings is 1. The van der Waals surface area contributed by atoms with Gasteiger partial charge in [-0.15, -0.1) is 0 Å². The lowest BCUT2D eigenvalue weighted by Gasteiger charge is -2.39. The first kappa shape index (κ1) is 15.6. The molecule has 0 saturated carbocycles. The van der Waals surface area contributed by atoms with E-state index in [0.717, 1.165) is 5.56 Å². The van der Waals surface area contributed by atoms with Gasteiger partial charge in [0.1, 0.15) is 11.3 Å². The van der Waals surface area contributed by atoms with Crippen molar-refractivity contribution in [2.75, 3.05) is 13.7 Å². The summed E-state index contributed by atoms with van der Waals surface area (Å²) in [4.78, 5) is 25.9. The van der Waals surface area contributed by atoms with Crippen LogP contribution in [0.25, 0.3) is 0 Å². The van der Waals surface area contributed by atoms with Gasteiger partial charge < -0.3 is 15.0 Å². The molecule has 0 radical (unpaired) electrons. The monoisotopic (exact) mass is 310 g/mol. The normalized spacial score (nSPS) is 22.2. The summed E-state index contributed by atoms with van der Waals surface area (Å²) in [5, 5.41) is 3.33. The minimum Gasteiger partial charge on any atom is -0.496 e. The molecule has 2 rings (SSSR count). The summed E-state index contributed by atoms with van der Waals surface area (Å²) in [5.74, 6) is 0.406. The Morgan fingerprint density at radius 2 is 2.14 bits per heavy atom. The second kappa shape index (κ2) is 5.93. The van der Waals surface area contributed by atoms with E-state index in [1.807, 2.05) is 6.92 Å². The maximum absolute atomic E-state index is 12.6. The van der Waals surface area contributed by atoms with E-state index in [-0.39, 0.29) is 18.4 Å². The fourth-order valence-electron chi connectivity index (χ4n) is 2.44. The van der Waals surface area contributed by atoms with Gasteiger partial charge in [-0.25, -0.2) is 0 Å². The summed E-state index contributed by atoms with van der Waals surface area (Å²) in [7, 11) is 1.56. The zero-order valence-electron chi connectivity index (χ0n) is 12.4. The van der Waals surface area contributed by atoms with E-state index in [9.17, 15) is 9.59 Å². The van der Waals surface area contributed by atoms with E-state index < -0.39 is 5.54 Å². The minimum atomic E-state index is -0.846. The first-order chi connectivity index (χ1) is 9.89. The molecular weight excluding hydrogens is 292 g/mol. The van der Waals surface area contributed by atoms with Crippen LogP contribution in [0.5, 0.6) is 5.75 Å². The number of benzene rings is 1. The van der Waals surface area contributed by atoms with Gasteiger partial charge in [0.05, 0.1) is 13.7 Å². The molecule has 1 aliphatic heterocycles. The molecule has 5 nitrogen and oxygen atoms in total. The van der Waals surface area contributed by atoms with Crippen LogP contribution in [0.3, 0.4) is 0 Å². The average molecular weight is 311 g/mol. The molecule has 1 atom stereocenters. The highest BCUT2D eigenvalue weighted by molar-refractivity contribution is 6.30. The number of halogens is 1. The Labute approximate surface area is 129 Å². The Morgan fingerprint density at radius 1 is 1.43 bits per heavy atom. The first-order valence-corrected chi connectivity index (χ1v) is 7.20. The number of rotatable bonds is 4. The molecule has 2 amide bonds. The third-order valence-electron chi connectivity index (χ3n) is 3.82. The Morgan fingerprint density at radius 3 is 2.76 bits per heavy atom. The number of hydrogen-bond acceptors (Lipinski definition) is 3. The maximum atomic E-state index is 12.6. The molecule has 1 aromatic rings. The molecule has 1 aromatic carbocycles. The van der Waals surface area contributed by atoms with Crippen molar-refractivity contribution in [3.63, 3.8) is 0 Å². The van der Waals surface area contributed by atoms with Crippen LogP contribution in [0, 0.1) is 0 Å². The van der Waals surface area contributed by atoms with Crippen LogP contribution in [-0.2, 0) is 16.1 Å². The molecule has 114 valence electrons. The molecule has 0 aliphatic carbocycles. The smallest absolute Gasteiger partial charge is 0.248 e. The second-order valence-corrected chi connectivity index (χ2v) is 5.79. The Bertz CT molecular complexity index is 576. The molecule has 1 saturated heterocycles. The molecule has 1 heterocycles. The maximum Gasteiger partial charge on any atom is 0.248 e. The lowest BCUT2D eigenvalue weighted by Crippen LogP contribution is -2.64. The molecule has 0 bridgehead atoms. The predicted molar refractivity (Wildman–Crippen MR) is 80.3 cm³/mol. The number of carbonyl (C=O) groups is 2. The van der Waals surface area contributed by atoms with Crippen molar-refractivity contribution in [3.8, 4) is 5.75 Å². The van der Waals surface area contributed by atoms with Gasteiger partial charge in [0.25, 0.3) is 0 Å². The Kier molecular flexibility index (Phi) is 4.42. The van der Waals surface area contributed by atoms with E-state index in [0.29, 0.717) is 23.7 Å². The van der Waals surface area contributed by atoms with E-state index >= 15 is 0 Å². The highest BCUT2D eigenvalue weighted by atomic mass is 35.5. The van der Waals surface area contributed by atoms with Gasteiger partial charge in [-0.2, -0.15) is 0 Å². The summed E-state index contributed by atoms with van der Waals surface area (Å²) in [5.41, 5.74) is -0.0623. The van der Waals surface area contributed by atoms with Crippen molar-refractivity contribution in [2.24, 2.45) is 0 Å². The second-order valence-electron chi connectivity index (χ2n) is 5.35. The predicted octanol–water partition coefficient (Wildman–Crippen LogP) is 1.98. The van der Waals surface area contributed by atoms with E-state index in [4.69, 9.17) is 16.3 Å². The Balaban J connectivity index is 2.28. The summed E-state index contributed by atoms with van der Waals surface area (Å²) in [6, 6.07) is 5.24. The van der Waals surface area contributed by atoms with E-state index in [1.54, 1.807) is 32.2 Å². The number of amides is 2. The number of nitrogens with one attached hydrogen (secondary N) is 1. The summed E-state index contributed by atoms with van der Waals surface area (Å²) in [6.07, 6.45) is 0.542. The van der Waals surface area contributed by atoms with E-state index in [1.165, 1.54) is 4.90 Å². The summed E-state index contributed by atoms with van der Waals surface area (Å²) in [6.45, 7) is 3.96. The molecule has 1 unspecified atom stereocenters. The highest BCUT2D eigenvalue weighted by Gasteiger charge is 2.41. The van der Waals surface area contributed by atoms with Gasteiger partial charge in [-0.05, 0) is 31.5 Å². The molecular formula is C15H19ClN2O3. The third-order valence-corrected chi connectivity index (χ3v) is 4.05. The standard InChI is InChI=1S/C15H19ClN2O3/c1-4-15(2)14(20)18(9-13(19)17-15)8-10-7-11(16)5-6-12(10)21-3/h5-7H,4,8-9H2,1-3H3,(H,17,19). The zero-order valence-corrected chi connectivity index (χ0v) is 13.2. The molecule has 1 aliphatic rings. The fraction of sp³-hybridized carbons (Fsp3) is 0.467. The van der Waals surface area contributed by atoms with Gasteiger partial charge in [-0.1, -0.05) is 18.5 Å². The first-order valence-electron chi connectivity index (χ1n) is 6.82. The van der Waals surface area contributed by atoms with Crippen LogP contribution in [-0.4, -0.2) is 35.9 Å².